The Hall–Kier alpha value is -2.66. The second kappa shape index (κ2) is 5.46. The van der Waals surface area contributed by atoms with E-state index >= 15 is 0 Å². The van der Waals surface area contributed by atoms with Crippen LogP contribution in [0, 0.1) is 0 Å². The number of carbonyl (C=O) groups is 2. The highest BCUT2D eigenvalue weighted by atomic mass is 16.5. The molecule has 1 N–H and O–H groups in total. The first-order valence-electron chi connectivity index (χ1n) is 8.02. The normalized spacial score (nSPS) is 21.8. The monoisotopic (exact) mass is 323 g/mol. The smallest absolute Gasteiger partial charge is 0.261 e. The van der Waals surface area contributed by atoms with Gasteiger partial charge in [-0.25, -0.2) is 0 Å². The average molecular weight is 323 g/mol. The molecule has 0 fully saturated rings. The third-order valence-corrected chi connectivity index (χ3v) is 4.70. The summed E-state index contributed by atoms with van der Waals surface area (Å²) in [6.07, 6.45) is -0.448. The lowest BCUT2D eigenvalue weighted by atomic mass is 10.1. The maximum atomic E-state index is 12.6. The van der Waals surface area contributed by atoms with Gasteiger partial charge in [0, 0.05) is 0 Å². The van der Waals surface area contributed by atoms with Crippen molar-refractivity contribution >= 4 is 11.8 Å². The van der Waals surface area contributed by atoms with Crippen LogP contribution in [-0.2, 0) is 6.42 Å². The number of nitrogens with zero attached hydrogens (tertiary/aromatic N) is 1. The van der Waals surface area contributed by atoms with Gasteiger partial charge in [-0.1, -0.05) is 18.2 Å². The third-order valence-electron chi connectivity index (χ3n) is 4.70. The van der Waals surface area contributed by atoms with E-state index in [1.807, 2.05) is 19.1 Å². The minimum atomic E-state index is -0.900. The Bertz CT molecular complexity index is 810. The van der Waals surface area contributed by atoms with Gasteiger partial charge in [0.15, 0.2) is 0 Å². The zero-order valence-corrected chi connectivity index (χ0v) is 13.2. The van der Waals surface area contributed by atoms with E-state index in [-0.39, 0.29) is 11.8 Å². The molecule has 0 saturated heterocycles. The zero-order valence-electron chi connectivity index (χ0n) is 13.2. The second-order valence-electron chi connectivity index (χ2n) is 6.04. The van der Waals surface area contributed by atoms with Crippen LogP contribution in [0.15, 0.2) is 42.5 Å². The Morgan fingerprint density at radius 2 is 1.79 bits per heavy atom. The number of aliphatic hydroxyl groups excluding tert-OH is 1. The van der Waals surface area contributed by atoms with E-state index in [0.717, 1.165) is 11.1 Å². The number of imide groups is 1. The van der Waals surface area contributed by atoms with E-state index in [0.29, 0.717) is 29.9 Å². The lowest BCUT2D eigenvalue weighted by Gasteiger charge is -2.25. The molecule has 122 valence electrons. The average Bonchev–Trinajstić information content (AvgIpc) is 3.04. The van der Waals surface area contributed by atoms with E-state index < -0.39 is 12.1 Å². The largest absolute Gasteiger partial charge is 0.494 e. The van der Waals surface area contributed by atoms with Crippen LogP contribution in [-0.4, -0.2) is 34.5 Å². The summed E-state index contributed by atoms with van der Waals surface area (Å²) in [5.41, 5.74) is 2.47. The van der Waals surface area contributed by atoms with Crippen LogP contribution >= 0.6 is 0 Å². The first-order valence-corrected chi connectivity index (χ1v) is 8.02. The van der Waals surface area contributed by atoms with Crippen molar-refractivity contribution in [3.8, 4) is 5.75 Å². The summed E-state index contributed by atoms with van der Waals surface area (Å²) in [6, 6.07) is 11.7. The first kappa shape index (κ1) is 14.9. The van der Waals surface area contributed by atoms with Gasteiger partial charge < -0.3 is 9.84 Å². The molecule has 1 heterocycles. The van der Waals surface area contributed by atoms with Crippen LogP contribution in [0.2, 0.25) is 0 Å². The van der Waals surface area contributed by atoms with Gasteiger partial charge in [-0.05, 0) is 48.7 Å². The van der Waals surface area contributed by atoms with Crippen molar-refractivity contribution in [3.63, 3.8) is 0 Å². The van der Waals surface area contributed by atoms with Crippen molar-refractivity contribution in [2.45, 2.75) is 25.5 Å². The molecule has 0 spiro atoms. The number of hydrogen-bond donors (Lipinski definition) is 1. The van der Waals surface area contributed by atoms with Crippen LogP contribution in [0.1, 0.15) is 44.9 Å². The van der Waals surface area contributed by atoms with Gasteiger partial charge in [-0.15, -0.1) is 0 Å². The van der Waals surface area contributed by atoms with Gasteiger partial charge in [-0.2, -0.15) is 0 Å². The summed E-state index contributed by atoms with van der Waals surface area (Å²) >= 11 is 0. The molecule has 2 aromatic rings. The second-order valence-corrected chi connectivity index (χ2v) is 6.04. The van der Waals surface area contributed by atoms with Gasteiger partial charge in [-0.3, -0.25) is 14.5 Å². The van der Waals surface area contributed by atoms with Gasteiger partial charge in [0.05, 0.1) is 23.8 Å². The van der Waals surface area contributed by atoms with Crippen molar-refractivity contribution in [2.75, 3.05) is 6.61 Å². The minimum Gasteiger partial charge on any atom is -0.494 e. The fraction of sp³-hybridized carbons (Fsp3) is 0.263. The van der Waals surface area contributed by atoms with Crippen LogP contribution in [0.4, 0.5) is 0 Å². The van der Waals surface area contributed by atoms with Crippen LogP contribution < -0.4 is 4.74 Å². The van der Waals surface area contributed by atoms with E-state index in [2.05, 4.69) is 0 Å². The molecule has 2 aliphatic rings. The lowest BCUT2D eigenvalue weighted by Crippen LogP contribution is -2.42. The van der Waals surface area contributed by atoms with Crippen LogP contribution in [0.3, 0.4) is 0 Å². The van der Waals surface area contributed by atoms with E-state index in [1.165, 1.54) is 4.90 Å². The molecule has 0 radical (unpaired) electrons. The summed E-state index contributed by atoms with van der Waals surface area (Å²) < 4.78 is 5.47. The van der Waals surface area contributed by atoms with Crippen molar-refractivity contribution in [3.05, 3.63) is 64.7 Å². The fourth-order valence-corrected chi connectivity index (χ4v) is 3.58. The maximum absolute atomic E-state index is 12.6. The molecule has 1 aliphatic carbocycles. The quantitative estimate of drug-likeness (QED) is 0.881. The Balaban J connectivity index is 1.67. The molecule has 0 aromatic heterocycles. The molecule has 0 saturated carbocycles. The van der Waals surface area contributed by atoms with Crippen molar-refractivity contribution in [1.29, 1.82) is 0 Å². The number of hydrogen-bond acceptors (Lipinski definition) is 4. The number of aliphatic hydroxyl groups is 1. The highest BCUT2D eigenvalue weighted by Gasteiger charge is 2.45. The van der Waals surface area contributed by atoms with Gasteiger partial charge in [0.25, 0.3) is 11.8 Å². The third kappa shape index (κ3) is 2.05. The number of fused-ring (bicyclic) bond motifs is 2. The molecule has 2 aromatic carbocycles. The number of rotatable bonds is 3. The molecule has 1 aliphatic heterocycles. The molecule has 5 heteroatoms. The summed E-state index contributed by atoms with van der Waals surface area (Å²) in [6.45, 7) is 2.43. The molecular weight excluding hydrogens is 306 g/mol. The molecular formula is C19H17NO4. The van der Waals surface area contributed by atoms with E-state index in [9.17, 15) is 14.7 Å². The number of benzene rings is 2. The Morgan fingerprint density at radius 1 is 1.12 bits per heavy atom. The molecule has 0 bridgehead atoms. The number of carbonyl (C=O) groups excluding carboxylic acids is 2. The van der Waals surface area contributed by atoms with Gasteiger partial charge in [0.2, 0.25) is 0 Å². The Labute approximate surface area is 139 Å². The summed E-state index contributed by atoms with van der Waals surface area (Å²) in [5, 5.41) is 10.7. The maximum Gasteiger partial charge on any atom is 0.261 e. The van der Waals surface area contributed by atoms with Crippen molar-refractivity contribution in [2.24, 2.45) is 0 Å². The molecule has 24 heavy (non-hydrogen) atoms. The van der Waals surface area contributed by atoms with Crippen LogP contribution in [0.5, 0.6) is 5.75 Å². The molecule has 2 amide bonds. The SMILES string of the molecule is CCOc1ccc2c(c1)[C@@H](O)[C@@H](N1C(=O)c3ccccc3C1=O)C2. The standard InChI is InChI=1S/C19H17NO4/c1-2-24-12-8-7-11-9-16(17(21)15(11)10-12)20-18(22)13-5-3-4-6-14(13)19(20)23/h3-8,10,16-17,21H,2,9H2,1H3/t16-,17+/m0/s1. The topological polar surface area (TPSA) is 66.8 Å². The molecule has 4 rings (SSSR count). The Kier molecular flexibility index (Phi) is 3.39. The number of ether oxygens (including phenoxy) is 1. The van der Waals surface area contributed by atoms with Crippen LogP contribution in [0.25, 0.3) is 0 Å². The zero-order chi connectivity index (χ0) is 16.8. The predicted molar refractivity (Wildman–Crippen MR) is 87.0 cm³/mol. The van der Waals surface area contributed by atoms with Crippen molar-refractivity contribution in [1.82, 2.24) is 4.90 Å². The molecule has 2 atom stereocenters. The summed E-state index contributed by atoms with van der Waals surface area (Å²) in [4.78, 5) is 26.5. The fourth-order valence-electron chi connectivity index (χ4n) is 3.58. The van der Waals surface area contributed by atoms with Crippen molar-refractivity contribution < 1.29 is 19.4 Å². The highest BCUT2D eigenvalue weighted by molar-refractivity contribution is 6.21. The Morgan fingerprint density at radius 3 is 2.42 bits per heavy atom. The van der Waals surface area contributed by atoms with Gasteiger partial charge in [0.1, 0.15) is 11.9 Å². The van der Waals surface area contributed by atoms with E-state index in [4.69, 9.17) is 4.74 Å². The highest BCUT2D eigenvalue weighted by Crippen LogP contribution is 2.39. The first-order chi connectivity index (χ1) is 11.6. The number of amides is 2. The summed E-state index contributed by atoms with van der Waals surface area (Å²) in [5.74, 6) is 0.00767. The lowest BCUT2D eigenvalue weighted by molar-refractivity contribution is 0.0383. The summed E-state index contributed by atoms with van der Waals surface area (Å²) in [7, 11) is 0. The predicted octanol–water partition coefficient (Wildman–Crippen LogP) is 2.34. The minimum absolute atomic E-state index is 0.336. The van der Waals surface area contributed by atoms with E-state index in [1.54, 1.807) is 30.3 Å². The molecule has 0 unspecified atom stereocenters. The molecule has 5 nitrogen and oxygen atoms in total. The van der Waals surface area contributed by atoms with Gasteiger partial charge >= 0.3 is 0 Å².